The molecule has 0 radical (unpaired) electrons. The largest absolute Gasteiger partial charge is 0.465 e. The molecule has 1 aliphatic rings. The van der Waals surface area contributed by atoms with Crippen molar-refractivity contribution in [2.24, 2.45) is 0 Å². The number of rotatable bonds is 6. The van der Waals surface area contributed by atoms with Gasteiger partial charge in [-0.25, -0.2) is 14.2 Å². The number of H-pyrrole nitrogens is 1. The van der Waals surface area contributed by atoms with Crippen molar-refractivity contribution in [2.75, 3.05) is 23.7 Å². The Morgan fingerprint density at radius 2 is 1.69 bits per heavy atom. The molecule has 36 heavy (non-hydrogen) atoms. The van der Waals surface area contributed by atoms with E-state index >= 15 is 0 Å². The molecule has 11 nitrogen and oxygen atoms in total. The summed E-state index contributed by atoms with van der Waals surface area (Å²) in [6, 6.07) is 9.21. The molecule has 2 aromatic carbocycles. The highest BCUT2D eigenvalue weighted by Crippen LogP contribution is 2.20. The smallest absolute Gasteiger partial charge is 0.407 e. The number of likely N-dealkylation sites (tertiary alicyclic amines) is 1. The summed E-state index contributed by atoms with van der Waals surface area (Å²) in [6.45, 7) is 0.469. The Bertz CT molecular complexity index is 1330. The minimum absolute atomic E-state index is 0.0256. The molecule has 1 fully saturated rings. The van der Waals surface area contributed by atoms with E-state index in [0.29, 0.717) is 24.3 Å². The number of aromatic nitrogens is 2. The number of nitrogens with one attached hydrogen (secondary N) is 4. The molecule has 2 heterocycles. The number of aromatic amines is 1. The van der Waals surface area contributed by atoms with Crippen LogP contribution in [0.2, 0.25) is 5.02 Å². The van der Waals surface area contributed by atoms with Crippen LogP contribution >= 0.6 is 11.6 Å². The van der Waals surface area contributed by atoms with E-state index in [1.165, 1.54) is 41.6 Å². The third-order valence-corrected chi connectivity index (χ3v) is 5.76. The van der Waals surface area contributed by atoms with Gasteiger partial charge in [-0.1, -0.05) is 11.6 Å². The molecule has 1 saturated heterocycles. The van der Waals surface area contributed by atoms with E-state index < -0.39 is 29.6 Å². The van der Waals surface area contributed by atoms with Crippen molar-refractivity contribution >= 4 is 46.8 Å². The Balaban J connectivity index is 1.36. The topological polar surface area (TPSA) is 157 Å². The maximum atomic E-state index is 13.2. The van der Waals surface area contributed by atoms with Crippen LogP contribution in [0.4, 0.5) is 20.6 Å². The lowest BCUT2D eigenvalue weighted by molar-refractivity contribution is 0.0919. The third kappa shape index (κ3) is 5.61. The molecule has 1 aromatic heterocycles. The van der Waals surface area contributed by atoms with E-state index in [2.05, 4.69) is 25.9 Å². The minimum Gasteiger partial charge on any atom is -0.465 e. The average Bonchev–Trinajstić information content (AvgIpc) is 3.50. The molecular formula is C23H20ClFN6O5. The van der Waals surface area contributed by atoms with Crippen molar-refractivity contribution in [3.8, 4) is 0 Å². The first-order valence-electron chi connectivity index (χ1n) is 10.7. The van der Waals surface area contributed by atoms with Gasteiger partial charge in [0.1, 0.15) is 11.5 Å². The molecule has 186 valence electrons. The van der Waals surface area contributed by atoms with E-state index in [-0.39, 0.29) is 34.6 Å². The van der Waals surface area contributed by atoms with Crippen LogP contribution in [0.5, 0.6) is 0 Å². The fourth-order valence-corrected chi connectivity index (χ4v) is 3.90. The van der Waals surface area contributed by atoms with Gasteiger partial charge in [-0.2, -0.15) is 0 Å². The molecule has 3 aromatic rings. The average molecular weight is 515 g/mol. The van der Waals surface area contributed by atoms with E-state index in [1.807, 2.05) is 0 Å². The monoisotopic (exact) mass is 514 g/mol. The van der Waals surface area contributed by atoms with Crippen molar-refractivity contribution in [3.63, 3.8) is 0 Å². The van der Waals surface area contributed by atoms with Crippen LogP contribution in [0.1, 0.15) is 37.8 Å². The van der Waals surface area contributed by atoms with E-state index in [9.17, 15) is 23.6 Å². The summed E-state index contributed by atoms with van der Waals surface area (Å²) in [5.74, 6) is -2.31. The fraction of sp³-hybridized carbons (Fsp3) is 0.174. The van der Waals surface area contributed by atoms with Gasteiger partial charge in [0.25, 0.3) is 17.7 Å². The summed E-state index contributed by atoms with van der Waals surface area (Å²) < 4.78 is 13.2. The predicted molar refractivity (Wildman–Crippen MR) is 128 cm³/mol. The highest BCUT2D eigenvalue weighted by Gasteiger charge is 2.29. The van der Waals surface area contributed by atoms with Gasteiger partial charge in [-0.15, -0.1) is 0 Å². The molecule has 0 bridgehead atoms. The van der Waals surface area contributed by atoms with Gasteiger partial charge in [0.2, 0.25) is 0 Å². The van der Waals surface area contributed by atoms with Gasteiger partial charge in [0, 0.05) is 30.5 Å². The second-order valence-corrected chi connectivity index (χ2v) is 8.33. The summed E-state index contributed by atoms with van der Waals surface area (Å²) in [5.41, 5.74) is 0.698. The van der Waals surface area contributed by atoms with E-state index in [1.54, 1.807) is 0 Å². The number of hydrogen-bond acceptors (Lipinski definition) is 5. The molecule has 4 rings (SSSR count). The number of carbonyl (C=O) groups is 4. The van der Waals surface area contributed by atoms with Gasteiger partial charge in [-0.3, -0.25) is 14.4 Å². The number of nitrogens with zero attached hydrogens (tertiary/aromatic N) is 2. The zero-order chi connectivity index (χ0) is 25.8. The number of halogens is 2. The number of anilines is 2. The molecule has 0 aliphatic carbocycles. The van der Waals surface area contributed by atoms with Crippen LogP contribution < -0.4 is 16.0 Å². The molecule has 5 N–H and O–H groups in total. The summed E-state index contributed by atoms with van der Waals surface area (Å²) in [6.07, 6.45) is 0.615. The van der Waals surface area contributed by atoms with Gasteiger partial charge in [0.15, 0.2) is 5.69 Å². The number of benzene rings is 2. The van der Waals surface area contributed by atoms with Crippen LogP contribution in [0.3, 0.4) is 0 Å². The summed E-state index contributed by atoms with van der Waals surface area (Å²) in [7, 11) is 0. The van der Waals surface area contributed by atoms with Crippen LogP contribution in [0.25, 0.3) is 0 Å². The lowest BCUT2D eigenvalue weighted by atomic mass is 10.2. The Labute approximate surface area is 208 Å². The SMILES string of the molecule is O=C(Nc1ccc(NC(=O)c2nc[nH]c2C(=O)N[C@@H]2CCN(C(=O)O)C2)cc1)c1ccc(F)cc1Cl. The molecule has 1 aliphatic heterocycles. The Hall–Kier alpha value is -4.45. The Morgan fingerprint density at radius 1 is 1.03 bits per heavy atom. The van der Waals surface area contributed by atoms with Gasteiger partial charge < -0.3 is 30.9 Å². The number of hydrogen-bond donors (Lipinski definition) is 5. The summed E-state index contributed by atoms with van der Waals surface area (Å²) >= 11 is 5.91. The number of imidazole rings is 1. The molecule has 0 spiro atoms. The van der Waals surface area contributed by atoms with E-state index in [0.717, 1.165) is 12.1 Å². The van der Waals surface area contributed by atoms with Crippen molar-refractivity contribution in [3.05, 3.63) is 76.6 Å². The second-order valence-electron chi connectivity index (χ2n) is 7.92. The van der Waals surface area contributed by atoms with Crippen molar-refractivity contribution in [2.45, 2.75) is 12.5 Å². The normalized spacial score (nSPS) is 14.8. The van der Waals surface area contributed by atoms with Crippen molar-refractivity contribution < 1.29 is 28.7 Å². The van der Waals surface area contributed by atoms with E-state index in [4.69, 9.17) is 16.7 Å². The number of carboxylic acid groups (broad SMARTS) is 1. The molecule has 0 unspecified atom stereocenters. The number of carbonyl (C=O) groups excluding carboxylic acids is 3. The first-order valence-corrected chi connectivity index (χ1v) is 11.1. The first-order chi connectivity index (χ1) is 17.2. The fourth-order valence-electron chi connectivity index (χ4n) is 3.65. The predicted octanol–water partition coefficient (Wildman–Crippen LogP) is 3.19. The van der Waals surface area contributed by atoms with Gasteiger partial charge in [-0.05, 0) is 48.9 Å². The molecule has 13 heteroatoms. The maximum Gasteiger partial charge on any atom is 0.407 e. The third-order valence-electron chi connectivity index (χ3n) is 5.45. The van der Waals surface area contributed by atoms with Crippen LogP contribution in [-0.2, 0) is 0 Å². The first kappa shape index (κ1) is 24.7. The van der Waals surface area contributed by atoms with Crippen LogP contribution in [-0.4, -0.2) is 62.9 Å². The Morgan fingerprint density at radius 3 is 2.31 bits per heavy atom. The summed E-state index contributed by atoms with van der Waals surface area (Å²) in [5, 5.41) is 17.0. The Kier molecular flexibility index (Phi) is 7.15. The van der Waals surface area contributed by atoms with Gasteiger partial charge >= 0.3 is 6.09 Å². The van der Waals surface area contributed by atoms with Crippen LogP contribution in [0, 0.1) is 5.82 Å². The second kappa shape index (κ2) is 10.4. The number of amides is 4. The molecule has 0 saturated carbocycles. The molecule has 1 atom stereocenters. The highest BCUT2D eigenvalue weighted by molar-refractivity contribution is 6.34. The van der Waals surface area contributed by atoms with Crippen LogP contribution in [0.15, 0.2) is 48.8 Å². The highest BCUT2D eigenvalue weighted by atomic mass is 35.5. The standard InChI is InChI=1S/C23H20ClFN6O5/c24-17-9-12(25)1-6-16(17)20(32)28-13-2-4-14(5-3-13)29-21(33)18-19(27-11-26-18)22(34)30-15-7-8-31(10-15)23(35)36/h1-6,9,11,15H,7-8,10H2,(H,26,27)(H,28,32)(H,29,33)(H,30,34)(H,35,36)/t15-/m1/s1. The lowest BCUT2D eigenvalue weighted by Gasteiger charge is -2.14. The van der Waals surface area contributed by atoms with Crippen molar-refractivity contribution in [1.29, 1.82) is 0 Å². The zero-order valence-electron chi connectivity index (χ0n) is 18.5. The van der Waals surface area contributed by atoms with Gasteiger partial charge in [0.05, 0.1) is 16.9 Å². The lowest BCUT2D eigenvalue weighted by Crippen LogP contribution is -2.39. The zero-order valence-corrected chi connectivity index (χ0v) is 19.3. The quantitative estimate of drug-likeness (QED) is 0.340. The summed E-state index contributed by atoms with van der Waals surface area (Å²) in [4.78, 5) is 56.5. The maximum absolute atomic E-state index is 13.2. The molecular weight excluding hydrogens is 495 g/mol. The van der Waals surface area contributed by atoms with Crippen molar-refractivity contribution in [1.82, 2.24) is 20.2 Å². The minimum atomic E-state index is -1.06. The molecule has 4 amide bonds.